The Kier molecular flexibility index (Phi) is 6.94. The van der Waals surface area contributed by atoms with Gasteiger partial charge in [-0.15, -0.1) is 11.3 Å². The molecule has 0 spiro atoms. The molecule has 0 amide bonds. The molecule has 4 aromatic rings. The predicted molar refractivity (Wildman–Crippen MR) is 145 cm³/mol. The molecule has 1 saturated carbocycles. The summed E-state index contributed by atoms with van der Waals surface area (Å²) in [5.74, 6) is -3.01. The Balaban J connectivity index is 1.41. The van der Waals surface area contributed by atoms with Gasteiger partial charge in [0, 0.05) is 37.4 Å². The van der Waals surface area contributed by atoms with Crippen molar-refractivity contribution in [1.29, 1.82) is 0 Å². The Morgan fingerprint density at radius 3 is 2.70 bits per heavy atom. The quantitative estimate of drug-likeness (QED) is 0.294. The lowest BCUT2D eigenvalue weighted by Gasteiger charge is -2.32. The maximum absolute atomic E-state index is 16.0. The largest absolute Gasteiger partial charge is 0.368 e. The van der Waals surface area contributed by atoms with Gasteiger partial charge in [0.05, 0.1) is 28.0 Å². The lowest BCUT2D eigenvalue weighted by Crippen LogP contribution is -2.46. The molecular formula is C26H24F3N7O2S2. The van der Waals surface area contributed by atoms with E-state index < -0.39 is 38.1 Å². The van der Waals surface area contributed by atoms with Crippen molar-refractivity contribution >= 4 is 33.0 Å². The summed E-state index contributed by atoms with van der Waals surface area (Å²) in [6.07, 6.45) is 3.84. The Labute approximate surface area is 232 Å². The Morgan fingerprint density at radius 1 is 1.10 bits per heavy atom. The Hall–Kier alpha value is -3.59. The van der Waals surface area contributed by atoms with Gasteiger partial charge in [-0.3, -0.25) is 9.62 Å². The molecule has 1 aliphatic heterocycles. The van der Waals surface area contributed by atoms with Crippen molar-refractivity contribution in [2.45, 2.75) is 29.8 Å². The van der Waals surface area contributed by atoms with Crippen LogP contribution in [0.2, 0.25) is 0 Å². The highest BCUT2D eigenvalue weighted by Crippen LogP contribution is 2.41. The van der Waals surface area contributed by atoms with Crippen molar-refractivity contribution in [3.63, 3.8) is 0 Å². The van der Waals surface area contributed by atoms with Crippen molar-refractivity contribution in [2.75, 3.05) is 30.1 Å². The normalized spacial score (nSPS) is 18.1. The molecule has 6 rings (SSSR count). The highest BCUT2D eigenvalue weighted by atomic mass is 32.2. The molecule has 1 unspecified atom stereocenters. The first-order valence-electron chi connectivity index (χ1n) is 12.5. The number of nitrogens with zero attached hydrogens (tertiary/aromatic N) is 4. The second kappa shape index (κ2) is 10.4. The van der Waals surface area contributed by atoms with Gasteiger partial charge in [0.15, 0.2) is 5.82 Å². The van der Waals surface area contributed by atoms with Gasteiger partial charge in [-0.2, -0.15) is 0 Å². The molecular weight excluding hydrogens is 563 g/mol. The molecule has 0 radical (unpaired) electrons. The number of piperazine rings is 1. The number of sulfonamides is 1. The van der Waals surface area contributed by atoms with Gasteiger partial charge in [-0.05, 0) is 49.2 Å². The SMILES string of the molecule is Nc1nccc(-c2sc(C3CN(C4CC4)CCN3)nc2-c2cccc(NS(=O)(=O)c3cc(F)ccc3F)c2F)n1. The number of benzene rings is 2. The van der Waals surface area contributed by atoms with Crippen molar-refractivity contribution in [3.8, 4) is 21.8 Å². The van der Waals surface area contributed by atoms with Gasteiger partial charge in [-0.1, -0.05) is 6.07 Å². The number of hydrogen-bond acceptors (Lipinski definition) is 9. The fourth-order valence-corrected chi connectivity index (χ4v) is 6.99. The van der Waals surface area contributed by atoms with E-state index in [0.717, 1.165) is 30.7 Å². The molecule has 2 aliphatic rings. The number of nitrogens with two attached hydrogens (primary N) is 1. The van der Waals surface area contributed by atoms with Crippen LogP contribution in [0.15, 0.2) is 53.6 Å². The molecule has 1 saturated heterocycles. The fourth-order valence-electron chi connectivity index (χ4n) is 4.73. The maximum atomic E-state index is 16.0. The van der Waals surface area contributed by atoms with Gasteiger partial charge in [0.25, 0.3) is 10.0 Å². The highest BCUT2D eigenvalue weighted by molar-refractivity contribution is 7.92. The van der Waals surface area contributed by atoms with Crippen LogP contribution in [0, 0.1) is 17.5 Å². The molecule has 0 bridgehead atoms. The number of thiazole rings is 1. The zero-order valence-corrected chi connectivity index (χ0v) is 22.6. The van der Waals surface area contributed by atoms with Crippen molar-refractivity contribution in [2.24, 2.45) is 0 Å². The number of hydrogen-bond donors (Lipinski definition) is 3. The van der Waals surface area contributed by atoms with E-state index in [1.807, 2.05) is 4.72 Å². The minimum atomic E-state index is -4.65. The third-order valence-electron chi connectivity index (χ3n) is 6.80. The Bertz CT molecular complexity index is 1700. The number of aromatic nitrogens is 3. The predicted octanol–water partition coefficient (Wildman–Crippen LogP) is 4.18. The first-order valence-corrected chi connectivity index (χ1v) is 14.8. The first kappa shape index (κ1) is 26.6. The van der Waals surface area contributed by atoms with Gasteiger partial charge < -0.3 is 11.1 Å². The van der Waals surface area contributed by atoms with Crippen molar-refractivity contribution in [1.82, 2.24) is 25.2 Å². The van der Waals surface area contributed by atoms with Gasteiger partial charge in [-0.25, -0.2) is 36.5 Å². The van der Waals surface area contributed by atoms with Crippen LogP contribution in [0.5, 0.6) is 0 Å². The summed E-state index contributed by atoms with van der Waals surface area (Å²) in [6.45, 7) is 2.48. The molecule has 1 atom stereocenters. The smallest absolute Gasteiger partial charge is 0.265 e. The number of nitrogens with one attached hydrogen (secondary N) is 2. The summed E-state index contributed by atoms with van der Waals surface area (Å²) in [5, 5.41) is 4.21. The third-order valence-corrected chi connectivity index (χ3v) is 9.37. The maximum Gasteiger partial charge on any atom is 0.265 e. The standard InChI is InChI=1S/C26H24F3N7O2S2/c27-14-4-7-17(28)21(12-14)40(37,38)35-18-3-1-2-16(22(18)29)23-24(19-8-9-32-26(30)33-19)39-25(34-23)20-13-36(11-10-31-20)15-5-6-15/h1-4,7-9,12,15,20,31,35H,5-6,10-11,13H2,(H2,30,32,33). The lowest BCUT2D eigenvalue weighted by molar-refractivity contribution is 0.192. The molecule has 2 aromatic heterocycles. The second-order valence-corrected chi connectivity index (χ2v) is 12.3. The van der Waals surface area contributed by atoms with E-state index in [-0.39, 0.29) is 23.2 Å². The molecule has 40 heavy (non-hydrogen) atoms. The van der Waals surface area contributed by atoms with E-state index >= 15 is 4.39 Å². The molecule has 4 N–H and O–H groups in total. The van der Waals surface area contributed by atoms with Crippen LogP contribution in [-0.2, 0) is 10.0 Å². The van der Waals surface area contributed by atoms with E-state index in [2.05, 4.69) is 20.2 Å². The van der Waals surface area contributed by atoms with E-state index in [1.165, 1.54) is 48.6 Å². The average molecular weight is 588 g/mol. The van der Waals surface area contributed by atoms with E-state index in [9.17, 15) is 17.2 Å². The first-order chi connectivity index (χ1) is 19.2. The molecule has 208 valence electrons. The van der Waals surface area contributed by atoms with Crippen LogP contribution in [0.3, 0.4) is 0 Å². The van der Waals surface area contributed by atoms with Gasteiger partial charge >= 0.3 is 0 Å². The van der Waals surface area contributed by atoms with Crippen LogP contribution in [0.1, 0.15) is 23.9 Å². The van der Waals surface area contributed by atoms with Crippen LogP contribution in [0.25, 0.3) is 21.8 Å². The highest BCUT2D eigenvalue weighted by Gasteiger charge is 2.34. The van der Waals surface area contributed by atoms with Crippen LogP contribution >= 0.6 is 11.3 Å². The summed E-state index contributed by atoms with van der Waals surface area (Å²) < 4.78 is 71.6. The summed E-state index contributed by atoms with van der Waals surface area (Å²) in [5.41, 5.74) is 6.08. The summed E-state index contributed by atoms with van der Waals surface area (Å²) in [4.78, 5) is 15.1. The molecule has 9 nitrogen and oxygen atoms in total. The van der Waals surface area contributed by atoms with Gasteiger partial charge in [0.1, 0.15) is 21.5 Å². The third kappa shape index (κ3) is 5.27. The number of nitrogen functional groups attached to an aromatic ring is 1. The van der Waals surface area contributed by atoms with Crippen LogP contribution in [-0.4, -0.2) is 53.9 Å². The zero-order chi connectivity index (χ0) is 28.0. The summed E-state index contributed by atoms with van der Waals surface area (Å²) in [7, 11) is -4.65. The van der Waals surface area contributed by atoms with Crippen LogP contribution < -0.4 is 15.8 Å². The Morgan fingerprint density at radius 2 is 1.93 bits per heavy atom. The molecule has 2 fully saturated rings. The van der Waals surface area contributed by atoms with Crippen molar-refractivity contribution < 1.29 is 21.6 Å². The second-order valence-electron chi connectivity index (χ2n) is 9.61. The number of halogens is 3. The van der Waals surface area contributed by atoms with E-state index in [0.29, 0.717) is 28.7 Å². The number of anilines is 2. The van der Waals surface area contributed by atoms with Gasteiger partial charge in [0.2, 0.25) is 5.95 Å². The minimum Gasteiger partial charge on any atom is -0.368 e. The summed E-state index contributed by atoms with van der Waals surface area (Å²) in [6, 6.07) is 8.25. The summed E-state index contributed by atoms with van der Waals surface area (Å²) >= 11 is 1.34. The minimum absolute atomic E-state index is 0.00413. The van der Waals surface area contributed by atoms with Crippen LogP contribution in [0.4, 0.5) is 24.8 Å². The topological polar surface area (TPSA) is 126 Å². The van der Waals surface area contributed by atoms with Crippen molar-refractivity contribution in [3.05, 3.63) is 71.1 Å². The number of rotatable bonds is 7. The van der Waals surface area contributed by atoms with E-state index in [1.54, 1.807) is 6.07 Å². The van der Waals surface area contributed by atoms with E-state index in [4.69, 9.17) is 10.7 Å². The molecule has 3 heterocycles. The molecule has 14 heteroatoms. The monoisotopic (exact) mass is 587 g/mol. The molecule has 2 aromatic carbocycles. The zero-order valence-electron chi connectivity index (χ0n) is 20.9. The average Bonchev–Trinajstić information content (AvgIpc) is 3.69. The molecule has 1 aliphatic carbocycles. The lowest BCUT2D eigenvalue weighted by atomic mass is 10.1. The fraction of sp³-hybridized carbons (Fsp3) is 0.269.